The largest absolute Gasteiger partial charge is 0.463 e. The molecule has 0 aromatic heterocycles. The van der Waals surface area contributed by atoms with Crippen LogP contribution < -0.4 is 0 Å². The van der Waals surface area contributed by atoms with Crippen LogP contribution in [-0.2, 0) is 47.4 Å². The number of benzene rings is 1. The Kier molecular flexibility index (Phi) is 35.0. The summed E-state index contributed by atoms with van der Waals surface area (Å²) >= 11 is 0. The second-order valence-electron chi connectivity index (χ2n) is 12.0. The van der Waals surface area contributed by atoms with Crippen molar-refractivity contribution in [1.82, 2.24) is 0 Å². The Hall–Kier alpha value is -2.12. The summed E-state index contributed by atoms with van der Waals surface area (Å²) < 4.78 is 48.6. The van der Waals surface area contributed by atoms with Gasteiger partial charge in [-0.3, -0.25) is 4.79 Å². The van der Waals surface area contributed by atoms with Crippen molar-refractivity contribution < 1.29 is 52.2 Å². The number of hydrogen-bond donors (Lipinski definition) is 0. The van der Waals surface area contributed by atoms with E-state index in [1.807, 2.05) is 6.07 Å². The Morgan fingerprint density at radius 1 is 0.400 bits per heavy atom. The Bertz CT molecular complexity index is 856. The maximum atomic E-state index is 11.9. The van der Waals surface area contributed by atoms with Gasteiger partial charge in [-0.1, -0.05) is 102 Å². The molecule has 0 N–H and O–H groups in total. The van der Waals surface area contributed by atoms with Gasteiger partial charge in [0.25, 0.3) is 0 Å². The molecule has 1 aromatic carbocycles. The van der Waals surface area contributed by atoms with E-state index in [1.54, 1.807) is 24.3 Å². The third-order valence-corrected chi connectivity index (χ3v) is 7.68. The number of esters is 2. The van der Waals surface area contributed by atoms with Gasteiger partial charge in [-0.15, -0.1) is 0 Å². The maximum Gasteiger partial charge on any atom is 0.338 e. The van der Waals surface area contributed by atoms with E-state index in [4.69, 9.17) is 42.6 Å². The van der Waals surface area contributed by atoms with Crippen LogP contribution in [0, 0.1) is 0 Å². The zero-order valence-corrected chi connectivity index (χ0v) is 31.1. The molecule has 0 spiro atoms. The molecular formula is C39H68O11. The van der Waals surface area contributed by atoms with Gasteiger partial charge in [0.2, 0.25) is 0 Å². The average Bonchev–Trinajstić information content (AvgIpc) is 3.13. The molecule has 0 fully saturated rings. The molecule has 11 nitrogen and oxygen atoms in total. The fourth-order valence-corrected chi connectivity index (χ4v) is 4.85. The van der Waals surface area contributed by atoms with Crippen LogP contribution in [0.4, 0.5) is 0 Å². The Morgan fingerprint density at radius 2 is 0.720 bits per heavy atom. The first-order valence-corrected chi connectivity index (χ1v) is 19.2. The molecule has 0 amide bonds. The monoisotopic (exact) mass is 712 g/mol. The normalized spacial score (nSPS) is 11.2. The van der Waals surface area contributed by atoms with Crippen molar-refractivity contribution >= 4 is 11.9 Å². The fraction of sp³-hybridized carbons (Fsp3) is 0.795. The molecule has 0 saturated carbocycles. The number of carbonyl (C=O) groups excluding carboxylic acids is 2. The van der Waals surface area contributed by atoms with Crippen molar-refractivity contribution in [1.29, 1.82) is 0 Å². The summed E-state index contributed by atoms with van der Waals surface area (Å²) in [5.74, 6) is -0.491. The van der Waals surface area contributed by atoms with Crippen LogP contribution in [0.3, 0.4) is 0 Å². The summed E-state index contributed by atoms with van der Waals surface area (Å²) in [5, 5.41) is 0. The molecular weight excluding hydrogens is 644 g/mol. The first kappa shape index (κ1) is 45.9. The van der Waals surface area contributed by atoms with E-state index in [9.17, 15) is 9.59 Å². The lowest BCUT2D eigenvalue weighted by atomic mass is 10.0. The Morgan fingerprint density at radius 3 is 1.10 bits per heavy atom. The molecule has 0 bridgehead atoms. The standard InChI is InChI=1S/C39H68O11/c1-2-3-4-5-6-7-8-9-10-11-12-13-17-20-38(40)49-35-33-47-31-29-45-27-25-43-23-21-42-22-24-44-26-28-46-30-32-48-34-36-50-39(41)37-18-15-14-16-19-37/h14-16,18-19H,2-13,17,20-36H2,1H3. The SMILES string of the molecule is CCCCCCCCCCCCCCCC(=O)OCCOCCOCCOCCOCCOCCOCCOCCOC(=O)c1ccccc1. The van der Waals surface area contributed by atoms with Crippen LogP contribution in [0.5, 0.6) is 0 Å². The Labute approximate surface area is 302 Å². The highest BCUT2D eigenvalue weighted by Crippen LogP contribution is 2.13. The highest BCUT2D eigenvalue weighted by Gasteiger charge is 2.05. The average molecular weight is 713 g/mol. The van der Waals surface area contributed by atoms with Crippen molar-refractivity contribution in [2.24, 2.45) is 0 Å². The molecule has 0 aliphatic heterocycles. The van der Waals surface area contributed by atoms with Crippen LogP contribution in [0.15, 0.2) is 30.3 Å². The minimum atomic E-state index is -0.356. The summed E-state index contributed by atoms with van der Waals surface area (Å²) in [6, 6.07) is 8.86. The number of carbonyl (C=O) groups is 2. The van der Waals surface area contributed by atoms with E-state index in [2.05, 4.69) is 6.92 Å². The molecule has 0 radical (unpaired) electrons. The van der Waals surface area contributed by atoms with E-state index in [1.165, 1.54) is 70.6 Å². The minimum Gasteiger partial charge on any atom is -0.463 e. The predicted molar refractivity (Wildman–Crippen MR) is 194 cm³/mol. The molecule has 0 saturated heterocycles. The summed E-state index contributed by atoms with van der Waals surface area (Å²) in [6.07, 6.45) is 17.3. The van der Waals surface area contributed by atoms with Gasteiger partial charge in [-0.05, 0) is 18.6 Å². The zero-order chi connectivity index (χ0) is 35.8. The van der Waals surface area contributed by atoms with Gasteiger partial charge in [0.1, 0.15) is 13.2 Å². The number of hydrogen-bond acceptors (Lipinski definition) is 11. The number of unbranched alkanes of at least 4 members (excludes halogenated alkanes) is 12. The van der Waals surface area contributed by atoms with Crippen molar-refractivity contribution in [2.75, 3.05) is 106 Å². The van der Waals surface area contributed by atoms with Crippen molar-refractivity contribution in [3.63, 3.8) is 0 Å². The van der Waals surface area contributed by atoms with Gasteiger partial charge in [-0.2, -0.15) is 0 Å². The molecule has 11 heteroatoms. The second kappa shape index (κ2) is 38.1. The van der Waals surface area contributed by atoms with Crippen LogP contribution >= 0.6 is 0 Å². The molecule has 0 atom stereocenters. The quantitative estimate of drug-likeness (QED) is 0.0520. The molecule has 50 heavy (non-hydrogen) atoms. The first-order chi connectivity index (χ1) is 24.7. The lowest BCUT2D eigenvalue weighted by molar-refractivity contribution is -0.145. The third-order valence-electron chi connectivity index (χ3n) is 7.68. The smallest absolute Gasteiger partial charge is 0.338 e. The second-order valence-corrected chi connectivity index (χ2v) is 12.0. The summed E-state index contributed by atoms with van der Waals surface area (Å²) in [7, 11) is 0. The zero-order valence-electron chi connectivity index (χ0n) is 31.1. The number of rotatable bonds is 39. The molecule has 290 valence electrons. The van der Waals surface area contributed by atoms with Gasteiger partial charge in [0, 0.05) is 6.42 Å². The lowest BCUT2D eigenvalue weighted by Crippen LogP contribution is -2.15. The molecule has 1 aromatic rings. The highest BCUT2D eigenvalue weighted by molar-refractivity contribution is 5.89. The molecule has 0 heterocycles. The Balaban J connectivity index is 1.66. The van der Waals surface area contributed by atoms with Gasteiger partial charge in [0.15, 0.2) is 0 Å². The minimum absolute atomic E-state index is 0.135. The van der Waals surface area contributed by atoms with Crippen LogP contribution in [0.2, 0.25) is 0 Å². The van der Waals surface area contributed by atoms with Crippen molar-refractivity contribution in [3.05, 3.63) is 35.9 Å². The highest BCUT2D eigenvalue weighted by atomic mass is 16.6. The topological polar surface area (TPSA) is 117 Å². The van der Waals surface area contributed by atoms with E-state index in [0.717, 1.165) is 12.8 Å². The van der Waals surface area contributed by atoms with Gasteiger partial charge in [0.05, 0.1) is 98.1 Å². The molecule has 0 unspecified atom stereocenters. The number of ether oxygens (including phenoxy) is 9. The summed E-state index contributed by atoms with van der Waals surface area (Å²) in [6.45, 7) is 9.06. The summed E-state index contributed by atoms with van der Waals surface area (Å²) in [4.78, 5) is 23.7. The van der Waals surface area contributed by atoms with E-state index < -0.39 is 0 Å². The molecule has 0 aliphatic carbocycles. The molecule has 0 aliphatic rings. The van der Waals surface area contributed by atoms with Crippen LogP contribution in [-0.4, -0.2) is 118 Å². The summed E-state index contributed by atoms with van der Waals surface area (Å²) in [5.41, 5.74) is 0.525. The van der Waals surface area contributed by atoms with Crippen molar-refractivity contribution in [2.45, 2.75) is 96.8 Å². The first-order valence-electron chi connectivity index (χ1n) is 19.2. The van der Waals surface area contributed by atoms with E-state index in [-0.39, 0.29) is 25.2 Å². The predicted octanol–water partition coefficient (Wildman–Crippen LogP) is 6.98. The third kappa shape index (κ3) is 33.0. The van der Waals surface area contributed by atoms with Gasteiger partial charge in [-0.25, -0.2) is 4.79 Å². The molecule has 1 rings (SSSR count). The van der Waals surface area contributed by atoms with Gasteiger partial charge >= 0.3 is 11.9 Å². The van der Waals surface area contributed by atoms with Gasteiger partial charge < -0.3 is 42.6 Å². The van der Waals surface area contributed by atoms with Crippen LogP contribution in [0.1, 0.15) is 107 Å². The maximum absolute atomic E-state index is 11.9. The van der Waals surface area contributed by atoms with Crippen molar-refractivity contribution in [3.8, 4) is 0 Å². The van der Waals surface area contributed by atoms with E-state index in [0.29, 0.717) is 104 Å². The van der Waals surface area contributed by atoms with Crippen LogP contribution in [0.25, 0.3) is 0 Å². The fourth-order valence-electron chi connectivity index (χ4n) is 4.85. The lowest BCUT2D eigenvalue weighted by Gasteiger charge is -2.09. The van der Waals surface area contributed by atoms with E-state index >= 15 is 0 Å².